The first-order valence-electron chi connectivity index (χ1n) is 9.20. The molecule has 0 saturated heterocycles. The zero-order valence-corrected chi connectivity index (χ0v) is 15.6. The van der Waals surface area contributed by atoms with Gasteiger partial charge in [0.15, 0.2) is 0 Å². The number of nitrogens with zero attached hydrogens (tertiary/aromatic N) is 7. The van der Waals surface area contributed by atoms with E-state index in [1.807, 2.05) is 79.5 Å². The summed E-state index contributed by atoms with van der Waals surface area (Å²) in [6, 6.07) is 13.6. The number of H-pyrrole nitrogens is 1. The molecule has 0 aromatic carbocycles. The highest BCUT2D eigenvalue weighted by atomic mass is 15.2. The summed E-state index contributed by atoms with van der Waals surface area (Å²) in [7, 11) is 0. The molecular formula is C21H18N8. The zero-order chi connectivity index (χ0) is 19.5. The SMILES string of the molecule is [c-]1n(-c2ccccn2)cc[n+]1Cc1cc(C[n+]2[c-]n(-c3ccccn3)cc2)[nH]n1. The average molecular weight is 382 g/mol. The molecule has 1 N–H and O–H groups in total. The Bertz CT molecular complexity index is 1110. The van der Waals surface area contributed by atoms with Crippen LogP contribution in [0, 0.1) is 12.7 Å². The van der Waals surface area contributed by atoms with E-state index < -0.39 is 0 Å². The van der Waals surface area contributed by atoms with Crippen LogP contribution in [0.15, 0.2) is 79.6 Å². The molecule has 0 saturated carbocycles. The Hall–Kier alpha value is -4.07. The first-order valence-corrected chi connectivity index (χ1v) is 9.20. The molecule has 29 heavy (non-hydrogen) atoms. The van der Waals surface area contributed by atoms with Crippen molar-refractivity contribution < 1.29 is 9.13 Å². The number of hydrogen-bond acceptors (Lipinski definition) is 3. The van der Waals surface area contributed by atoms with E-state index in [9.17, 15) is 0 Å². The van der Waals surface area contributed by atoms with Crippen molar-refractivity contribution in [2.45, 2.75) is 13.1 Å². The lowest BCUT2D eigenvalue weighted by atomic mass is 10.3. The van der Waals surface area contributed by atoms with Crippen LogP contribution in [0.1, 0.15) is 11.4 Å². The Balaban J connectivity index is 1.26. The van der Waals surface area contributed by atoms with Crippen molar-refractivity contribution in [2.75, 3.05) is 0 Å². The van der Waals surface area contributed by atoms with Crippen LogP contribution in [-0.2, 0) is 13.1 Å². The number of hydrogen-bond donors (Lipinski definition) is 1. The van der Waals surface area contributed by atoms with Crippen LogP contribution in [0.5, 0.6) is 0 Å². The molecule has 5 heterocycles. The van der Waals surface area contributed by atoms with E-state index >= 15 is 0 Å². The van der Waals surface area contributed by atoms with E-state index in [4.69, 9.17) is 0 Å². The van der Waals surface area contributed by atoms with Crippen LogP contribution < -0.4 is 9.13 Å². The Labute approximate surface area is 167 Å². The topological polar surface area (TPSA) is 72.1 Å². The van der Waals surface area contributed by atoms with Gasteiger partial charge < -0.3 is 18.3 Å². The molecule has 0 aliphatic heterocycles. The highest BCUT2D eigenvalue weighted by Crippen LogP contribution is 2.03. The fraction of sp³-hybridized carbons (Fsp3) is 0.0952. The van der Waals surface area contributed by atoms with Gasteiger partial charge in [0.2, 0.25) is 12.7 Å². The third kappa shape index (κ3) is 3.81. The molecule has 8 nitrogen and oxygen atoms in total. The molecule has 0 spiro atoms. The number of rotatable bonds is 6. The lowest BCUT2D eigenvalue weighted by molar-refractivity contribution is -0.692. The van der Waals surface area contributed by atoms with Crippen LogP contribution in [-0.4, -0.2) is 29.3 Å². The van der Waals surface area contributed by atoms with Gasteiger partial charge in [0.1, 0.15) is 30.4 Å². The molecule has 5 rings (SSSR count). The largest absolute Gasteiger partial charge is 0.314 e. The van der Waals surface area contributed by atoms with E-state index in [1.54, 1.807) is 12.4 Å². The van der Waals surface area contributed by atoms with Gasteiger partial charge in [-0.1, -0.05) is 12.1 Å². The predicted octanol–water partition coefficient (Wildman–Crippen LogP) is 1.05. The maximum Gasteiger partial charge on any atom is 0.244 e. The van der Waals surface area contributed by atoms with Crippen molar-refractivity contribution in [3.8, 4) is 11.6 Å². The molecule has 0 aliphatic carbocycles. The summed E-state index contributed by atoms with van der Waals surface area (Å²) < 4.78 is 7.63. The van der Waals surface area contributed by atoms with Gasteiger partial charge in [0, 0.05) is 37.2 Å². The van der Waals surface area contributed by atoms with Crippen LogP contribution in [0.2, 0.25) is 0 Å². The van der Waals surface area contributed by atoms with Crippen LogP contribution in [0.4, 0.5) is 0 Å². The first kappa shape index (κ1) is 17.1. The standard InChI is InChI=1S/C21H18N8/c1-3-7-22-20(5-1)28-11-9-26(16-28)14-18-13-19(25-24-18)15-27-10-12-29(17-27)21-6-2-4-8-23-21/h1-13H,14-15H2,(H,24,25). The third-order valence-corrected chi connectivity index (χ3v) is 4.41. The van der Waals surface area contributed by atoms with E-state index in [0.717, 1.165) is 23.0 Å². The van der Waals surface area contributed by atoms with E-state index in [-0.39, 0.29) is 0 Å². The van der Waals surface area contributed by atoms with Gasteiger partial charge in [-0.3, -0.25) is 15.1 Å². The van der Waals surface area contributed by atoms with Crippen molar-refractivity contribution in [3.63, 3.8) is 0 Å². The smallest absolute Gasteiger partial charge is 0.244 e. The van der Waals surface area contributed by atoms with E-state index in [0.29, 0.717) is 13.1 Å². The second kappa shape index (κ2) is 7.51. The Kier molecular flexibility index (Phi) is 4.42. The van der Waals surface area contributed by atoms with E-state index in [1.165, 1.54) is 0 Å². The summed E-state index contributed by atoms with van der Waals surface area (Å²) in [6.45, 7) is 1.27. The van der Waals surface area contributed by atoms with Gasteiger partial charge >= 0.3 is 0 Å². The van der Waals surface area contributed by atoms with Crippen LogP contribution >= 0.6 is 0 Å². The maximum absolute atomic E-state index is 4.42. The molecule has 0 atom stereocenters. The molecule has 0 unspecified atom stereocenters. The second-order valence-corrected chi connectivity index (χ2v) is 6.55. The number of aromatic amines is 1. The normalized spacial score (nSPS) is 11.0. The number of nitrogens with one attached hydrogen (secondary N) is 1. The monoisotopic (exact) mass is 382 g/mol. The maximum atomic E-state index is 4.42. The summed E-state index contributed by atoms with van der Waals surface area (Å²) >= 11 is 0. The summed E-state index contributed by atoms with van der Waals surface area (Å²) in [5, 5.41) is 7.52. The van der Waals surface area contributed by atoms with Crippen molar-refractivity contribution in [1.82, 2.24) is 29.3 Å². The fourth-order valence-electron chi connectivity index (χ4n) is 3.06. The number of aromatic nitrogens is 8. The van der Waals surface area contributed by atoms with Gasteiger partial charge in [-0.15, -0.1) is 0 Å². The predicted molar refractivity (Wildman–Crippen MR) is 102 cm³/mol. The van der Waals surface area contributed by atoms with Crippen LogP contribution in [0.3, 0.4) is 0 Å². The summed E-state index contributed by atoms with van der Waals surface area (Å²) in [6.07, 6.45) is 17.8. The van der Waals surface area contributed by atoms with Gasteiger partial charge in [0.05, 0.1) is 5.69 Å². The minimum Gasteiger partial charge on any atom is -0.314 e. The lowest BCUT2D eigenvalue weighted by Gasteiger charge is -1.99. The molecule has 0 amide bonds. The Morgan fingerprint density at radius 1 is 0.828 bits per heavy atom. The minimum absolute atomic E-state index is 0.625. The molecule has 142 valence electrons. The summed E-state index contributed by atoms with van der Waals surface area (Å²) in [4.78, 5) is 8.66. The molecule has 0 radical (unpaired) electrons. The third-order valence-electron chi connectivity index (χ3n) is 4.41. The Morgan fingerprint density at radius 2 is 1.45 bits per heavy atom. The van der Waals surface area contributed by atoms with Crippen molar-refractivity contribution in [3.05, 3.63) is 104 Å². The molecule has 0 bridgehead atoms. The lowest BCUT2D eigenvalue weighted by Crippen LogP contribution is -2.33. The molecule has 5 aromatic rings. The molecule has 0 aliphatic rings. The van der Waals surface area contributed by atoms with Gasteiger partial charge in [-0.25, -0.2) is 0 Å². The van der Waals surface area contributed by atoms with E-state index in [2.05, 4.69) is 38.9 Å². The summed E-state index contributed by atoms with van der Waals surface area (Å²) in [5.41, 5.74) is 1.94. The molecule has 0 fully saturated rings. The number of pyridine rings is 2. The van der Waals surface area contributed by atoms with Gasteiger partial charge in [-0.05, 0) is 30.3 Å². The Morgan fingerprint density at radius 3 is 2.03 bits per heavy atom. The fourth-order valence-corrected chi connectivity index (χ4v) is 3.06. The minimum atomic E-state index is 0.625. The van der Waals surface area contributed by atoms with Gasteiger partial charge in [0.25, 0.3) is 0 Å². The first-order chi connectivity index (χ1) is 14.3. The van der Waals surface area contributed by atoms with Crippen LogP contribution in [0.25, 0.3) is 11.6 Å². The quantitative estimate of drug-likeness (QED) is 0.353. The average Bonchev–Trinajstić information content (AvgIpc) is 3.52. The molecule has 5 aromatic heterocycles. The van der Waals surface area contributed by atoms with Crippen molar-refractivity contribution in [2.24, 2.45) is 0 Å². The second-order valence-electron chi connectivity index (χ2n) is 6.55. The highest BCUT2D eigenvalue weighted by molar-refractivity contribution is 5.20. The van der Waals surface area contributed by atoms with Crippen molar-refractivity contribution in [1.29, 1.82) is 0 Å². The highest BCUT2D eigenvalue weighted by Gasteiger charge is 2.08. The summed E-state index contributed by atoms with van der Waals surface area (Å²) in [5.74, 6) is 1.67. The van der Waals surface area contributed by atoms with Crippen molar-refractivity contribution >= 4 is 0 Å². The molecular weight excluding hydrogens is 364 g/mol. The molecule has 8 heteroatoms. The van der Waals surface area contributed by atoms with Gasteiger partial charge in [-0.2, -0.15) is 5.10 Å². The zero-order valence-electron chi connectivity index (χ0n) is 15.6. The number of imidazole rings is 2.